The number of hydrogen-bond donors (Lipinski definition) is 3. The summed E-state index contributed by atoms with van der Waals surface area (Å²) in [4.78, 5) is 23.9. The molecule has 26 heavy (non-hydrogen) atoms. The minimum absolute atomic E-state index is 0.239. The van der Waals surface area contributed by atoms with E-state index < -0.39 is 0 Å². The second-order valence-electron chi connectivity index (χ2n) is 5.80. The maximum Gasteiger partial charge on any atom is 0.319 e. The lowest BCUT2D eigenvalue weighted by atomic mass is 10.1. The molecule has 6 nitrogen and oxygen atoms in total. The molecule has 1 aromatic heterocycles. The molecule has 0 aliphatic carbocycles. The number of amides is 3. The van der Waals surface area contributed by atoms with Gasteiger partial charge in [0, 0.05) is 17.9 Å². The molecule has 0 aliphatic rings. The maximum absolute atomic E-state index is 12.0. The molecule has 0 saturated carbocycles. The Morgan fingerprint density at radius 2 is 1.54 bits per heavy atom. The van der Waals surface area contributed by atoms with Crippen LogP contribution in [-0.2, 0) is 6.54 Å². The lowest BCUT2D eigenvalue weighted by molar-refractivity contribution is 0.0996. The summed E-state index contributed by atoms with van der Waals surface area (Å²) in [6.07, 6.45) is 1.44. The molecule has 3 N–H and O–H groups in total. The molecule has 3 amide bonds. The highest BCUT2D eigenvalue weighted by molar-refractivity contribution is 6.02. The van der Waals surface area contributed by atoms with Crippen molar-refractivity contribution in [1.29, 1.82) is 0 Å². The first kappa shape index (κ1) is 17.3. The molecular weight excluding hydrogens is 330 g/mol. The van der Waals surface area contributed by atoms with Gasteiger partial charge in [-0.05, 0) is 48.9 Å². The van der Waals surface area contributed by atoms with Gasteiger partial charge in [-0.15, -0.1) is 0 Å². The number of nitrogens with one attached hydrogen (secondary N) is 3. The Hall–Kier alpha value is -3.54. The molecule has 3 aromatic rings. The normalized spacial score (nSPS) is 10.2. The zero-order valence-electron chi connectivity index (χ0n) is 14.3. The van der Waals surface area contributed by atoms with Crippen LogP contribution in [0.3, 0.4) is 0 Å². The van der Waals surface area contributed by atoms with Gasteiger partial charge in [0.2, 0.25) is 0 Å². The van der Waals surface area contributed by atoms with Crippen LogP contribution in [0.4, 0.5) is 16.2 Å². The van der Waals surface area contributed by atoms with Crippen molar-refractivity contribution in [3.63, 3.8) is 0 Å². The number of carbonyl (C=O) groups is 2. The Bertz CT molecular complexity index is 870. The standard InChI is InChI=1S/C20H19N3O3/c1-14-4-6-15(7-5-14)13-21-20(25)23-17-10-8-16(9-11-17)22-19(24)18-3-2-12-26-18/h2-12H,13H2,1H3,(H,22,24)(H2,21,23,25). The number of aryl methyl sites for hydroxylation is 1. The van der Waals surface area contributed by atoms with Crippen molar-refractivity contribution in [3.05, 3.63) is 83.8 Å². The second kappa shape index (κ2) is 8.02. The summed E-state index contributed by atoms with van der Waals surface area (Å²) in [6.45, 7) is 2.47. The van der Waals surface area contributed by atoms with Crippen LogP contribution in [0.5, 0.6) is 0 Å². The molecule has 2 aromatic carbocycles. The van der Waals surface area contributed by atoms with Gasteiger partial charge < -0.3 is 20.4 Å². The Morgan fingerprint density at radius 3 is 2.15 bits per heavy atom. The number of anilines is 2. The first-order valence-electron chi connectivity index (χ1n) is 8.15. The second-order valence-corrected chi connectivity index (χ2v) is 5.80. The van der Waals surface area contributed by atoms with E-state index in [-0.39, 0.29) is 17.7 Å². The number of hydrogen-bond acceptors (Lipinski definition) is 3. The molecule has 0 spiro atoms. The van der Waals surface area contributed by atoms with Gasteiger partial charge in [0.15, 0.2) is 5.76 Å². The van der Waals surface area contributed by atoms with Gasteiger partial charge >= 0.3 is 6.03 Å². The van der Waals surface area contributed by atoms with Crippen molar-refractivity contribution in [2.24, 2.45) is 0 Å². The molecule has 3 rings (SSSR count). The summed E-state index contributed by atoms with van der Waals surface area (Å²) in [5, 5.41) is 8.27. The number of benzene rings is 2. The van der Waals surface area contributed by atoms with Crippen molar-refractivity contribution in [2.45, 2.75) is 13.5 Å². The molecule has 0 atom stereocenters. The molecule has 0 bridgehead atoms. The number of rotatable bonds is 5. The Morgan fingerprint density at radius 1 is 0.885 bits per heavy atom. The first-order valence-corrected chi connectivity index (χ1v) is 8.15. The zero-order chi connectivity index (χ0) is 18.4. The monoisotopic (exact) mass is 349 g/mol. The lowest BCUT2D eigenvalue weighted by Crippen LogP contribution is -2.28. The molecule has 0 fully saturated rings. The fourth-order valence-electron chi connectivity index (χ4n) is 2.30. The fourth-order valence-corrected chi connectivity index (χ4v) is 2.30. The van der Waals surface area contributed by atoms with Crippen LogP contribution in [0, 0.1) is 6.92 Å². The van der Waals surface area contributed by atoms with E-state index in [4.69, 9.17) is 4.42 Å². The van der Waals surface area contributed by atoms with E-state index >= 15 is 0 Å². The SMILES string of the molecule is Cc1ccc(CNC(=O)Nc2ccc(NC(=O)c3ccco3)cc2)cc1. The molecule has 0 saturated heterocycles. The summed E-state index contributed by atoms with van der Waals surface area (Å²) in [5.74, 6) is -0.0887. The van der Waals surface area contributed by atoms with Crippen molar-refractivity contribution in [3.8, 4) is 0 Å². The van der Waals surface area contributed by atoms with Crippen LogP contribution in [0.25, 0.3) is 0 Å². The fraction of sp³-hybridized carbons (Fsp3) is 0.100. The third-order valence-electron chi connectivity index (χ3n) is 3.72. The summed E-state index contributed by atoms with van der Waals surface area (Å²) in [6, 6.07) is 17.7. The van der Waals surface area contributed by atoms with Gasteiger partial charge in [-0.1, -0.05) is 29.8 Å². The maximum atomic E-state index is 12.0. The average molecular weight is 349 g/mol. The number of furan rings is 1. The van der Waals surface area contributed by atoms with Crippen LogP contribution in [0.1, 0.15) is 21.7 Å². The molecular formula is C20H19N3O3. The van der Waals surface area contributed by atoms with E-state index in [0.717, 1.165) is 5.56 Å². The van der Waals surface area contributed by atoms with Crippen LogP contribution in [0.15, 0.2) is 71.3 Å². The number of carbonyl (C=O) groups excluding carboxylic acids is 2. The molecule has 0 radical (unpaired) electrons. The van der Waals surface area contributed by atoms with Crippen molar-refractivity contribution >= 4 is 23.3 Å². The lowest BCUT2D eigenvalue weighted by Gasteiger charge is -2.09. The van der Waals surface area contributed by atoms with E-state index in [0.29, 0.717) is 17.9 Å². The smallest absolute Gasteiger partial charge is 0.319 e. The molecule has 6 heteroatoms. The van der Waals surface area contributed by atoms with Crippen LogP contribution in [0.2, 0.25) is 0 Å². The molecule has 1 heterocycles. The van der Waals surface area contributed by atoms with E-state index in [1.165, 1.54) is 11.8 Å². The van der Waals surface area contributed by atoms with E-state index in [1.807, 2.05) is 31.2 Å². The van der Waals surface area contributed by atoms with Gasteiger partial charge in [-0.25, -0.2) is 4.79 Å². The minimum atomic E-state index is -0.327. The average Bonchev–Trinajstić information content (AvgIpc) is 3.18. The predicted octanol–water partition coefficient (Wildman–Crippen LogP) is 4.16. The molecule has 0 aliphatic heterocycles. The quantitative estimate of drug-likeness (QED) is 0.647. The summed E-state index contributed by atoms with van der Waals surface area (Å²) in [7, 11) is 0. The van der Waals surface area contributed by atoms with Crippen LogP contribution in [-0.4, -0.2) is 11.9 Å². The van der Waals surface area contributed by atoms with Gasteiger partial charge in [-0.2, -0.15) is 0 Å². The summed E-state index contributed by atoms with van der Waals surface area (Å²) < 4.78 is 5.04. The van der Waals surface area contributed by atoms with Gasteiger partial charge in [0.05, 0.1) is 6.26 Å². The predicted molar refractivity (Wildman–Crippen MR) is 100 cm³/mol. The van der Waals surface area contributed by atoms with Crippen molar-refractivity contribution < 1.29 is 14.0 Å². The van der Waals surface area contributed by atoms with Gasteiger partial charge in [0.1, 0.15) is 0 Å². The third kappa shape index (κ3) is 4.73. The summed E-state index contributed by atoms with van der Waals surface area (Å²) >= 11 is 0. The Kier molecular flexibility index (Phi) is 5.34. The van der Waals surface area contributed by atoms with Crippen LogP contribution >= 0.6 is 0 Å². The Balaban J connectivity index is 1.49. The van der Waals surface area contributed by atoms with Gasteiger partial charge in [-0.3, -0.25) is 4.79 Å². The summed E-state index contributed by atoms with van der Waals surface area (Å²) in [5.41, 5.74) is 3.44. The number of urea groups is 1. The molecule has 0 unspecified atom stereocenters. The highest BCUT2D eigenvalue weighted by Gasteiger charge is 2.08. The third-order valence-corrected chi connectivity index (χ3v) is 3.72. The van der Waals surface area contributed by atoms with E-state index in [1.54, 1.807) is 36.4 Å². The Labute approximate surface area is 151 Å². The highest BCUT2D eigenvalue weighted by atomic mass is 16.3. The van der Waals surface area contributed by atoms with E-state index in [9.17, 15) is 9.59 Å². The molecule has 132 valence electrons. The van der Waals surface area contributed by atoms with Crippen LogP contribution < -0.4 is 16.0 Å². The van der Waals surface area contributed by atoms with Gasteiger partial charge in [0.25, 0.3) is 5.91 Å². The topological polar surface area (TPSA) is 83.4 Å². The van der Waals surface area contributed by atoms with E-state index in [2.05, 4.69) is 16.0 Å². The zero-order valence-corrected chi connectivity index (χ0v) is 14.3. The van der Waals surface area contributed by atoms with Crippen molar-refractivity contribution in [1.82, 2.24) is 5.32 Å². The first-order chi connectivity index (χ1) is 12.6. The van der Waals surface area contributed by atoms with Crippen molar-refractivity contribution in [2.75, 3.05) is 10.6 Å². The highest BCUT2D eigenvalue weighted by Crippen LogP contribution is 2.15. The largest absolute Gasteiger partial charge is 0.459 e. The minimum Gasteiger partial charge on any atom is -0.459 e.